The molecular weight excluding hydrogens is 330 g/mol. The highest BCUT2D eigenvalue weighted by Crippen LogP contribution is 2.47. The predicted molar refractivity (Wildman–Crippen MR) is 99.5 cm³/mol. The van der Waals surface area contributed by atoms with Crippen molar-refractivity contribution in [1.29, 1.82) is 5.26 Å². The summed E-state index contributed by atoms with van der Waals surface area (Å²) < 4.78 is 0. The van der Waals surface area contributed by atoms with E-state index < -0.39 is 0 Å². The zero-order valence-electron chi connectivity index (χ0n) is 14.5. The number of amides is 1. The summed E-state index contributed by atoms with van der Waals surface area (Å²) in [6.45, 7) is 4.46. The van der Waals surface area contributed by atoms with E-state index in [-0.39, 0.29) is 17.1 Å². The molecule has 0 bridgehead atoms. The highest BCUT2D eigenvalue weighted by Gasteiger charge is 2.44. The fraction of sp³-hybridized carbons (Fsp3) is 0.350. The monoisotopic (exact) mass is 351 g/mol. The third-order valence-corrected chi connectivity index (χ3v) is 5.60. The minimum absolute atomic E-state index is 0.0166. The Morgan fingerprint density at radius 1 is 1.32 bits per heavy atom. The molecule has 2 aromatic rings. The molecule has 1 amide bonds. The van der Waals surface area contributed by atoms with Crippen molar-refractivity contribution in [2.24, 2.45) is 0 Å². The summed E-state index contributed by atoms with van der Waals surface area (Å²) >= 11 is 1.33. The Morgan fingerprint density at radius 3 is 2.68 bits per heavy atom. The van der Waals surface area contributed by atoms with E-state index in [0.717, 1.165) is 24.1 Å². The zero-order chi connectivity index (χ0) is 17.9. The van der Waals surface area contributed by atoms with Crippen LogP contribution in [0.5, 0.6) is 0 Å². The second-order valence-corrected chi connectivity index (χ2v) is 7.55. The number of benzene rings is 1. The van der Waals surface area contributed by atoms with Gasteiger partial charge in [0.25, 0.3) is 0 Å². The molecule has 1 heterocycles. The van der Waals surface area contributed by atoms with Gasteiger partial charge in [0.15, 0.2) is 0 Å². The Kier molecular flexibility index (Phi) is 5.10. The first-order valence-corrected chi connectivity index (χ1v) is 9.36. The molecule has 1 aromatic carbocycles. The van der Waals surface area contributed by atoms with E-state index in [1.165, 1.54) is 17.3 Å². The van der Waals surface area contributed by atoms with E-state index in [1.807, 2.05) is 38.1 Å². The van der Waals surface area contributed by atoms with Gasteiger partial charge in [0.1, 0.15) is 11.1 Å². The summed E-state index contributed by atoms with van der Waals surface area (Å²) in [5.74, 6) is 0.257. The van der Waals surface area contributed by atoms with Gasteiger partial charge in [0.2, 0.25) is 5.91 Å². The van der Waals surface area contributed by atoms with Gasteiger partial charge >= 0.3 is 0 Å². The number of nitrogens with one attached hydrogen (secondary N) is 1. The van der Waals surface area contributed by atoms with E-state index in [0.29, 0.717) is 17.1 Å². The third-order valence-electron chi connectivity index (χ3n) is 4.63. The molecule has 25 heavy (non-hydrogen) atoms. The molecule has 0 unspecified atom stereocenters. The van der Waals surface area contributed by atoms with Crippen molar-refractivity contribution in [3.05, 3.63) is 58.8 Å². The summed E-state index contributed by atoms with van der Waals surface area (Å²) in [4.78, 5) is 16.7. The van der Waals surface area contributed by atoms with Crippen molar-refractivity contribution in [2.75, 3.05) is 12.3 Å². The maximum atomic E-state index is 12.2. The molecule has 1 N–H and O–H groups in total. The van der Waals surface area contributed by atoms with Crippen LogP contribution in [0.15, 0.2) is 41.4 Å². The highest BCUT2D eigenvalue weighted by molar-refractivity contribution is 8.00. The average Bonchev–Trinajstić information content (AvgIpc) is 3.40. The van der Waals surface area contributed by atoms with E-state index >= 15 is 0 Å². The molecule has 0 radical (unpaired) electrons. The molecule has 0 spiro atoms. The van der Waals surface area contributed by atoms with Crippen LogP contribution < -0.4 is 5.32 Å². The number of aromatic nitrogens is 1. The van der Waals surface area contributed by atoms with Crippen LogP contribution >= 0.6 is 11.8 Å². The zero-order valence-corrected chi connectivity index (χ0v) is 15.3. The number of aryl methyl sites for hydroxylation is 2. The maximum absolute atomic E-state index is 12.2. The fourth-order valence-electron chi connectivity index (χ4n) is 3.01. The van der Waals surface area contributed by atoms with Crippen molar-refractivity contribution in [2.45, 2.75) is 37.1 Å². The van der Waals surface area contributed by atoms with E-state index in [1.54, 1.807) is 0 Å². The van der Waals surface area contributed by atoms with Gasteiger partial charge in [-0.15, -0.1) is 0 Å². The van der Waals surface area contributed by atoms with Crippen molar-refractivity contribution < 1.29 is 4.79 Å². The number of nitrogens with zero attached hydrogens (tertiary/aromatic N) is 2. The van der Waals surface area contributed by atoms with E-state index in [2.05, 4.69) is 28.5 Å². The normalized spacial score (nSPS) is 14.6. The second kappa shape index (κ2) is 7.28. The van der Waals surface area contributed by atoms with Crippen molar-refractivity contribution in [3.8, 4) is 6.07 Å². The molecule has 128 valence electrons. The number of rotatable bonds is 6. The number of pyridine rings is 1. The summed E-state index contributed by atoms with van der Waals surface area (Å²) in [5, 5.41) is 13.0. The lowest BCUT2D eigenvalue weighted by molar-refractivity contribution is -0.118. The van der Waals surface area contributed by atoms with Crippen LogP contribution in [0.1, 0.15) is 35.2 Å². The minimum Gasteiger partial charge on any atom is -0.354 e. The van der Waals surface area contributed by atoms with Crippen LogP contribution in [0.2, 0.25) is 0 Å². The van der Waals surface area contributed by atoms with Gasteiger partial charge in [-0.05, 0) is 43.9 Å². The van der Waals surface area contributed by atoms with Crippen LogP contribution in [0.4, 0.5) is 0 Å². The Hall–Kier alpha value is -2.32. The molecule has 0 aliphatic heterocycles. The smallest absolute Gasteiger partial charge is 0.230 e. The topological polar surface area (TPSA) is 65.8 Å². The predicted octanol–water partition coefficient (Wildman–Crippen LogP) is 3.51. The Bertz CT molecular complexity index is 823. The Labute approximate surface area is 152 Å². The summed E-state index contributed by atoms with van der Waals surface area (Å²) in [5.41, 5.74) is 3.73. The van der Waals surface area contributed by atoms with Gasteiger partial charge < -0.3 is 5.32 Å². The first kappa shape index (κ1) is 17.5. The van der Waals surface area contributed by atoms with Crippen LogP contribution in [-0.2, 0) is 10.2 Å². The molecule has 1 aromatic heterocycles. The van der Waals surface area contributed by atoms with Gasteiger partial charge in [-0.2, -0.15) is 5.26 Å². The first-order chi connectivity index (χ1) is 12.0. The first-order valence-electron chi connectivity index (χ1n) is 8.37. The summed E-state index contributed by atoms with van der Waals surface area (Å²) in [7, 11) is 0. The number of carbonyl (C=O) groups excluding carboxylic acids is 1. The fourth-order valence-corrected chi connectivity index (χ4v) is 3.94. The van der Waals surface area contributed by atoms with Gasteiger partial charge in [-0.3, -0.25) is 4.79 Å². The Balaban J connectivity index is 1.57. The van der Waals surface area contributed by atoms with Gasteiger partial charge in [0, 0.05) is 17.7 Å². The number of hydrogen-bond donors (Lipinski definition) is 1. The van der Waals surface area contributed by atoms with Crippen LogP contribution in [0.3, 0.4) is 0 Å². The standard InChI is InChI=1S/C20H21N3OS/c1-14-10-15(2)23-19(17(14)11-21)25-12-18(24)22-13-20(8-9-20)16-6-4-3-5-7-16/h3-7,10H,8-9,12-13H2,1-2H3,(H,22,24). The molecule has 1 saturated carbocycles. The van der Waals surface area contributed by atoms with E-state index in [4.69, 9.17) is 0 Å². The largest absolute Gasteiger partial charge is 0.354 e. The lowest BCUT2D eigenvalue weighted by atomic mass is 9.96. The molecule has 1 aliphatic rings. The van der Waals surface area contributed by atoms with Gasteiger partial charge in [-0.25, -0.2) is 4.98 Å². The minimum atomic E-state index is -0.0166. The molecule has 0 saturated heterocycles. The Morgan fingerprint density at radius 2 is 2.04 bits per heavy atom. The molecule has 1 fully saturated rings. The second-order valence-electron chi connectivity index (χ2n) is 6.58. The third kappa shape index (κ3) is 4.02. The SMILES string of the molecule is Cc1cc(C)c(C#N)c(SCC(=O)NCC2(c3ccccc3)CC2)n1. The molecule has 5 heteroatoms. The molecule has 4 nitrogen and oxygen atoms in total. The number of thioether (sulfide) groups is 1. The summed E-state index contributed by atoms with van der Waals surface area (Å²) in [6, 6.07) is 14.4. The van der Waals surface area contributed by atoms with Gasteiger partial charge in [-0.1, -0.05) is 42.1 Å². The lowest BCUT2D eigenvalue weighted by Gasteiger charge is -2.16. The van der Waals surface area contributed by atoms with Gasteiger partial charge in [0.05, 0.1) is 11.3 Å². The number of carbonyl (C=O) groups is 1. The summed E-state index contributed by atoms with van der Waals surface area (Å²) in [6.07, 6.45) is 2.23. The molecule has 3 rings (SSSR count). The van der Waals surface area contributed by atoms with Crippen LogP contribution in [-0.4, -0.2) is 23.2 Å². The lowest BCUT2D eigenvalue weighted by Crippen LogP contribution is -2.33. The number of nitriles is 1. The quantitative estimate of drug-likeness (QED) is 0.809. The van der Waals surface area contributed by atoms with E-state index in [9.17, 15) is 10.1 Å². The maximum Gasteiger partial charge on any atom is 0.230 e. The van der Waals surface area contributed by atoms with Crippen LogP contribution in [0.25, 0.3) is 0 Å². The average molecular weight is 351 g/mol. The number of hydrogen-bond acceptors (Lipinski definition) is 4. The van der Waals surface area contributed by atoms with Crippen molar-refractivity contribution in [3.63, 3.8) is 0 Å². The van der Waals surface area contributed by atoms with Crippen molar-refractivity contribution >= 4 is 17.7 Å². The highest BCUT2D eigenvalue weighted by atomic mass is 32.2. The molecule has 1 aliphatic carbocycles. The van der Waals surface area contributed by atoms with Crippen molar-refractivity contribution in [1.82, 2.24) is 10.3 Å². The molecular formula is C20H21N3OS. The van der Waals surface area contributed by atoms with Crippen LogP contribution in [0, 0.1) is 25.2 Å². The molecule has 0 atom stereocenters.